The van der Waals surface area contributed by atoms with Gasteiger partial charge in [0, 0.05) is 23.1 Å². The average Bonchev–Trinajstić information content (AvgIpc) is 2.70. The number of Topliss-reactive ketones (excluding diaryl/α,β-unsaturated/α-hetero) is 1. The third kappa shape index (κ3) is 5.62. The second-order valence-corrected chi connectivity index (χ2v) is 6.67. The van der Waals surface area contributed by atoms with E-state index in [-0.39, 0.29) is 29.4 Å². The molecule has 7 heteroatoms. The van der Waals surface area contributed by atoms with Crippen LogP contribution in [0.25, 0.3) is 0 Å². The minimum atomic E-state index is -0.347. The van der Waals surface area contributed by atoms with Crippen molar-refractivity contribution in [3.8, 4) is 5.75 Å². The Kier molecular flexibility index (Phi) is 6.19. The first-order valence-electron chi connectivity index (χ1n) is 9.20. The molecular weight excluding hydrogens is 368 g/mol. The van der Waals surface area contributed by atoms with E-state index in [9.17, 15) is 9.59 Å². The van der Waals surface area contributed by atoms with Gasteiger partial charge >= 0.3 is 0 Å². The molecule has 0 unspecified atom stereocenters. The van der Waals surface area contributed by atoms with Gasteiger partial charge in [-0.3, -0.25) is 9.59 Å². The van der Waals surface area contributed by atoms with Crippen molar-refractivity contribution in [2.24, 2.45) is 0 Å². The molecule has 0 aliphatic carbocycles. The Bertz CT molecular complexity index is 999. The molecule has 0 bridgehead atoms. The van der Waals surface area contributed by atoms with Crippen molar-refractivity contribution < 1.29 is 14.3 Å². The Labute approximate surface area is 169 Å². The normalized spacial score (nSPS) is 10.5. The smallest absolute Gasteiger partial charge is 0.274 e. The third-order valence-electron chi connectivity index (χ3n) is 3.92. The Balaban J connectivity index is 1.66. The fourth-order valence-corrected chi connectivity index (χ4v) is 2.55. The number of ketones is 1. The molecule has 2 N–H and O–H groups in total. The van der Waals surface area contributed by atoms with Gasteiger partial charge in [0.15, 0.2) is 5.78 Å². The van der Waals surface area contributed by atoms with E-state index in [0.29, 0.717) is 16.9 Å². The fraction of sp³-hybridized carbons (Fsp3) is 0.182. The number of carbonyl (C=O) groups excluding carboxylic acids is 2. The number of amides is 1. The lowest BCUT2D eigenvalue weighted by molar-refractivity contribution is 0.101. The number of anilines is 3. The first kappa shape index (κ1) is 20.0. The number of benzene rings is 2. The minimum Gasteiger partial charge on any atom is -0.491 e. The first-order valence-corrected chi connectivity index (χ1v) is 9.20. The Morgan fingerprint density at radius 1 is 0.931 bits per heavy atom. The third-order valence-corrected chi connectivity index (χ3v) is 3.92. The van der Waals surface area contributed by atoms with Crippen LogP contribution in [0.15, 0.2) is 60.8 Å². The summed E-state index contributed by atoms with van der Waals surface area (Å²) in [6, 6.07) is 15.6. The summed E-state index contributed by atoms with van der Waals surface area (Å²) in [5, 5.41) is 5.82. The molecule has 3 aromatic rings. The predicted octanol–water partition coefficient (Wildman–Crippen LogP) is 4.46. The molecule has 1 heterocycles. The lowest BCUT2D eigenvalue weighted by Gasteiger charge is -2.11. The van der Waals surface area contributed by atoms with E-state index in [0.717, 1.165) is 5.75 Å². The van der Waals surface area contributed by atoms with Gasteiger partial charge in [0.2, 0.25) is 5.95 Å². The molecule has 0 radical (unpaired) electrons. The van der Waals surface area contributed by atoms with Crippen LogP contribution in [-0.4, -0.2) is 27.8 Å². The number of aromatic nitrogens is 2. The highest BCUT2D eigenvalue weighted by Gasteiger charge is 2.10. The number of nitrogens with zero attached hydrogens (tertiary/aromatic N) is 2. The van der Waals surface area contributed by atoms with Gasteiger partial charge in [0.25, 0.3) is 5.91 Å². The maximum atomic E-state index is 12.5. The van der Waals surface area contributed by atoms with Gasteiger partial charge in [-0.2, -0.15) is 0 Å². The molecule has 0 aliphatic heterocycles. The first-order chi connectivity index (χ1) is 13.9. The molecule has 2 aromatic carbocycles. The summed E-state index contributed by atoms with van der Waals surface area (Å²) in [6.07, 6.45) is 1.59. The van der Waals surface area contributed by atoms with Crippen molar-refractivity contribution in [3.63, 3.8) is 0 Å². The molecule has 1 aromatic heterocycles. The zero-order chi connectivity index (χ0) is 20.8. The lowest BCUT2D eigenvalue weighted by atomic mass is 10.1. The van der Waals surface area contributed by atoms with Crippen molar-refractivity contribution in [3.05, 3.63) is 72.1 Å². The van der Waals surface area contributed by atoms with Crippen LogP contribution >= 0.6 is 0 Å². The lowest BCUT2D eigenvalue weighted by Crippen LogP contribution is -2.14. The second-order valence-electron chi connectivity index (χ2n) is 6.67. The molecule has 0 spiro atoms. The van der Waals surface area contributed by atoms with Crippen LogP contribution in [0.5, 0.6) is 5.75 Å². The van der Waals surface area contributed by atoms with Gasteiger partial charge in [-0.05, 0) is 75.4 Å². The van der Waals surface area contributed by atoms with E-state index >= 15 is 0 Å². The highest BCUT2D eigenvalue weighted by atomic mass is 16.5. The quantitative estimate of drug-likeness (QED) is 0.579. The summed E-state index contributed by atoms with van der Waals surface area (Å²) in [5.41, 5.74) is 2.20. The highest BCUT2D eigenvalue weighted by Crippen LogP contribution is 2.18. The fourth-order valence-electron chi connectivity index (χ4n) is 2.55. The van der Waals surface area contributed by atoms with E-state index in [4.69, 9.17) is 4.74 Å². The van der Waals surface area contributed by atoms with Crippen LogP contribution in [0.3, 0.4) is 0 Å². The van der Waals surface area contributed by atoms with Crippen LogP contribution < -0.4 is 15.4 Å². The van der Waals surface area contributed by atoms with E-state index < -0.39 is 0 Å². The van der Waals surface area contributed by atoms with Gasteiger partial charge in [0.05, 0.1) is 6.10 Å². The van der Waals surface area contributed by atoms with E-state index in [2.05, 4.69) is 20.6 Å². The molecule has 0 fully saturated rings. The molecule has 7 nitrogen and oxygen atoms in total. The zero-order valence-corrected chi connectivity index (χ0v) is 16.5. The summed E-state index contributed by atoms with van der Waals surface area (Å²) in [5.74, 6) is 0.673. The molecule has 29 heavy (non-hydrogen) atoms. The maximum absolute atomic E-state index is 12.5. The SMILES string of the molecule is CC(=O)c1ccc(Nc2nccc(C(=O)Nc3ccc(OC(C)C)cc3)n2)cc1. The summed E-state index contributed by atoms with van der Waals surface area (Å²) in [6.45, 7) is 5.42. The summed E-state index contributed by atoms with van der Waals surface area (Å²) in [7, 11) is 0. The molecule has 0 saturated carbocycles. The van der Waals surface area contributed by atoms with Crippen molar-refractivity contribution in [2.45, 2.75) is 26.9 Å². The number of carbonyl (C=O) groups is 2. The molecule has 0 aliphatic rings. The Morgan fingerprint density at radius 2 is 1.59 bits per heavy atom. The number of ether oxygens (including phenoxy) is 1. The molecule has 1 amide bonds. The molecule has 148 valence electrons. The number of nitrogens with one attached hydrogen (secondary N) is 2. The van der Waals surface area contributed by atoms with Gasteiger partial charge in [-0.1, -0.05) is 0 Å². The minimum absolute atomic E-state index is 0.00438. The van der Waals surface area contributed by atoms with Gasteiger partial charge in [0.1, 0.15) is 11.4 Å². The predicted molar refractivity (Wildman–Crippen MR) is 112 cm³/mol. The number of rotatable bonds is 7. The van der Waals surface area contributed by atoms with Crippen LogP contribution in [0.4, 0.5) is 17.3 Å². The van der Waals surface area contributed by atoms with Crippen molar-refractivity contribution in [2.75, 3.05) is 10.6 Å². The second kappa shape index (κ2) is 8.97. The maximum Gasteiger partial charge on any atom is 0.274 e. The van der Waals surface area contributed by atoms with Crippen molar-refractivity contribution >= 4 is 29.0 Å². The Morgan fingerprint density at radius 3 is 2.21 bits per heavy atom. The molecule has 0 atom stereocenters. The highest BCUT2D eigenvalue weighted by molar-refractivity contribution is 6.03. The van der Waals surface area contributed by atoms with E-state index in [1.807, 2.05) is 13.8 Å². The van der Waals surface area contributed by atoms with Crippen LogP contribution in [0.1, 0.15) is 41.6 Å². The van der Waals surface area contributed by atoms with Crippen LogP contribution in [0.2, 0.25) is 0 Å². The molecular formula is C22H22N4O3. The largest absolute Gasteiger partial charge is 0.491 e. The van der Waals surface area contributed by atoms with E-state index in [1.165, 1.54) is 19.2 Å². The van der Waals surface area contributed by atoms with Crippen molar-refractivity contribution in [1.29, 1.82) is 0 Å². The van der Waals surface area contributed by atoms with Crippen LogP contribution in [-0.2, 0) is 0 Å². The van der Waals surface area contributed by atoms with Gasteiger partial charge in [-0.25, -0.2) is 9.97 Å². The molecule has 3 rings (SSSR count). The van der Waals surface area contributed by atoms with Crippen LogP contribution in [0, 0.1) is 0 Å². The van der Waals surface area contributed by atoms with Crippen molar-refractivity contribution in [1.82, 2.24) is 9.97 Å². The van der Waals surface area contributed by atoms with Gasteiger partial charge < -0.3 is 15.4 Å². The number of hydrogen-bond acceptors (Lipinski definition) is 6. The summed E-state index contributed by atoms with van der Waals surface area (Å²) in [4.78, 5) is 32.2. The topological polar surface area (TPSA) is 93.2 Å². The zero-order valence-electron chi connectivity index (χ0n) is 16.5. The Hall–Kier alpha value is -3.74. The average molecular weight is 390 g/mol. The van der Waals surface area contributed by atoms with E-state index in [1.54, 1.807) is 48.5 Å². The standard InChI is InChI=1S/C22H22N4O3/c1-14(2)29-19-10-8-17(9-11-19)24-21(28)20-12-13-23-22(26-20)25-18-6-4-16(5-7-18)15(3)27/h4-14H,1-3H3,(H,24,28)(H,23,25,26). The summed E-state index contributed by atoms with van der Waals surface area (Å²) >= 11 is 0. The monoisotopic (exact) mass is 390 g/mol. The summed E-state index contributed by atoms with van der Waals surface area (Å²) < 4.78 is 5.59. The molecule has 0 saturated heterocycles. The number of hydrogen-bond donors (Lipinski definition) is 2. The van der Waals surface area contributed by atoms with Gasteiger partial charge in [-0.15, -0.1) is 0 Å².